The molecule has 3 heteroatoms. The summed E-state index contributed by atoms with van der Waals surface area (Å²) in [4.78, 5) is 14.8. The van der Waals surface area contributed by atoms with Crippen molar-refractivity contribution in [2.45, 2.75) is 32.7 Å². The Morgan fingerprint density at radius 3 is 1.59 bits per heavy atom. The van der Waals surface area contributed by atoms with Crippen LogP contribution in [0.1, 0.15) is 23.6 Å². The monoisotopic (exact) mass is 359 g/mol. The summed E-state index contributed by atoms with van der Waals surface area (Å²) in [6, 6.07) is 29.9. The van der Waals surface area contributed by atoms with Gasteiger partial charge in [0.15, 0.2) is 0 Å². The third-order valence-corrected chi connectivity index (χ3v) is 4.57. The third kappa shape index (κ3) is 5.80. The lowest BCUT2D eigenvalue weighted by Crippen LogP contribution is -2.39. The molecule has 1 atom stereocenters. The molecule has 138 valence electrons. The Bertz CT molecular complexity index is 777. The zero-order valence-electron chi connectivity index (χ0n) is 15.6. The van der Waals surface area contributed by atoms with E-state index in [-0.39, 0.29) is 12.0 Å². The molecule has 3 aromatic carbocycles. The number of hydrogen-bond donors (Lipinski definition) is 0. The fraction of sp³-hybridized carbons (Fsp3) is 0.208. The highest BCUT2D eigenvalue weighted by Crippen LogP contribution is 2.15. The number of nitrogens with zero attached hydrogens (tertiary/aromatic N) is 1. The van der Waals surface area contributed by atoms with Crippen LogP contribution in [-0.4, -0.2) is 16.9 Å². The number of benzene rings is 3. The Hall–Kier alpha value is -2.91. The van der Waals surface area contributed by atoms with Crippen LogP contribution in [0.3, 0.4) is 0 Å². The van der Waals surface area contributed by atoms with Gasteiger partial charge in [-0.15, -0.1) is 0 Å². The third-order valence-electron chi connectivity index (χ3n) is 4.57. The molecule has 1 unspecified atom stereocenters. The fourth-order valence-electron chi connectivity index (χ4n) is 2.96. The molecule has 0 spiro atoms. The molecule has 0 aromatic heterocycles. The Labute approximate surface area is 161 Å². The summed E-state index contributed by atoms with van der Waals surface area (Å²) in [6.45, 7) is 3.60. The summed E-state index contributed by atoms with van der Waals surface area (Å²) in [5.74, 6) is -0.203. The molecule has 27 heavy (non-hydrogen) atoms. The van der Waals surface area contributed by atoms with Gasteiger partial charge in [0.05, 0.1) is 0 Å². The van der Waals surface area contributed by atoms with Crippen LogP contribution in [0.2, 0.25) is 0 Å². The minimum atomic E-state index is -0.339. The second-order valence-electron chi connectivity index (χ2n) is 6.65. The lowest BCUT2D eigenvalue weighted by atomic mass is 10.1. The van der Waals surface area contributed by atoms with Crippen LogP contribution in [0.4, 0.5) is 0 Å². The minimum Gasteiger partial charge on any atom is -0.460 e. The molecular weight excluding hydrogens is 334 g/mol. The van der Waals surface area contributed by atoms with Crippen molar-refractivity contribution >= 4 is 5.97 Å². The number of rotatable bonds is 8. The second kappa shape index (κ2) is 9.70. The van der Waals surface area contributed by atoms with Crippen molar-refractivity contribution < 1.29 is 9.53 Å². The topological polar surface area (TPSA) is 29.5 Å². The molecular formula is C24H25NO2. The van der Waals surface area contributed by atoms with E-state index in [1.165, 1.54) is 11.1 Å². The van der Waals surface area contributed by atoms with Crippen molar-refractivity contribution in [2.24, 2.45) is 0 Å². The predicted molar refractivity (Wildman–Crippen MR) is 108 cm³/mol. The molecule has 0 heterocycles. The molecule has 0 aliphatic rings. The van der Waals surface area contributed by atoms with Crippen LogP contribution >= 0.6 is 0 Å². The Morgan fingerprint density at radius 2 is 1.15 bits per heavy atom. The summed E-state index contributed by atoms with van der Waals surface area (Å²) in [5.41, 5.74) is 3.35. The van der Waals surface area contributed by atoms with Crippen molar-refractivity contribution in [2.75, 3.05) is 0 Å². The molecule has 0 saturated carbocycles. The van der Waals surface area contributed by atoms with Gasteiger partial charge in [-0.2, -0.15) is 0 Å². The summed E-state index contributed by atoms with van der Waals surface area (Å²) < 4.78 is 5.57. The van der Waals surface area contributed by atoms with Crippen LogP contribution in [0.25, 0.3) is 0 Å². The lowest BCUT2D eigenvalue weighted by molar-refractivity contribution is -0.151. The van der Waals surface area contributed by atoms with Gasteiger partial charge in [-0.1, -0.05) is 91.0 Å². The largest absolute Gasteiger partial charge is 0.460 e. The average Bonchev–Trinajstić information content (AvgIpc) is 2.73. The summed E-state index contributed by atoms with van der Waals surface area (Å²) in [5, 5.41) is 0. The number of hydrogen-bond acceptors (Lipinski definition) is 3. The van der Waals surface area contributed by atoms with Crippen molar-refractivity contribution in [1.82, 2.24) is 4.90 Å². The van der Waals surface area contributed by atoms with Gasteiger partial charge in [-0.25, -0.2) is 0 Å². The predicted octanol–water partition coefficient (Wildman–Crippen LogP) is 4.82. The smallest absolute Gasteiger partial charge is 0.323 e. The highest BCUT2D eigenvalue weighted by molar-refractivity contribution is 5.75. The van der Waals surface area contributed by atoms with E-state index in [0.29, 0.717) is 19.7 Å². The number of esters is 1. The zero-order chi connectivity index (χ0) is 18.9. The zero-order valence-corrected chi connectivity index (χ0v) is 15.6. The average molecular weight is 359 g/mol. The van der Waals surface area contributed by atoms with Gasteiger partial charge in [0.2, 0.25) is 0 Å². The van der Waals surface area contributed by atoms with E-state index < -0.39 is 0 Å². The maximum Gasteiger partial charge on any atom is 0.323 e. The summed E-state index contributed by atoms with van der Waals surface area (Å²) in [7, 11) is 0. The molecule has 0 radical (unpaired) electrons. The highest BCUT2D eigenvalue weighted by atomic mass is 16.5. The minimum absolute atomic E-state index is 0.203. The molecule has 3 rings (SSSR count). The van der Waals surface area contributed by atoms with E-state index in [2.05, 4.69) is 29.2 Å². The van der Waals surface area contributed by atoms with Gasteiger partial charge in [-0.3, -0.25) is 9.69 Å². The SMILES string of the molecule is CC(C(=O)OCc1ccccc1)N(Cc1ccccc1)Cc1ccccc1. The molecule has 0 saturated heterocycles. The standard InChI is InChI=1S/C24H25NO2/c1-20(24(26)27-19-23-15-9-4-10-16-23)25(17-21-11-5-2-6-12-21)18-22-13-7-3-8-14-22/h2-16,20H,17-19H2,1H3. The Balaban J connectivity index is 1.69. The van der Waals surface area contributed by atoms with Crippen molar-refractivity contribution in [3.8, 4) is 0 Å². The quantitative estimate of drug-likeness (QED) is 0.540. The van der Waals surface area contributed by atoms with Gasteiger partial charge < -0.3 is 4.74 Å². The molecule has 0 N–H and O–H groups in total. The van der Waals surface area contributed by atoms with Crippen molar-refractivity contribution in [1.29, 1.82) is 0 Å². The van der Waals surface area contributed by atoms with Crippen LogP contribution in [0.15, 0.2) is 91.0 Å². The van der Waals surface area contributed by atoms with Gasteiger partial charge in [-0.05, 0) is 23.6 Å². The lowest BCUT2D eigenvalue weighted by Gasteiger charge is -2.28. The molecule has 0 fully saturated rings. The Morgan fingerprint density at radius 1 is 0.741 bits per heavy atom. The second-order valence-corrected chi connectivity index (χ2v) is 6.65. The van der Waals surface area contributed by atoms with E-state index in [1.54, 1.807) is 0 Å². The van der Waals surface area contributed by atoms with Gasteiger partial charge in [0, 0.05) is 13.1 Å². The molecule has 0 aliphatic carbocycles. The highest BCUT2D eigenvalue weighted by Gasteiger charge is 2.23. The van der Waals surface area contributed by atoms with Gasteiger partial charge >= 0.3 is 5.97 Å². The summed E-state index contributed by atoms with van der Waals surface area (Å²) >= 11 is 0. The maximum atomic E-state index is 12.7. The first-order chi connectivity index (χ1) is 13.2. The van der Waals surface area contributed by atoms with Crippen LogP contribution in [0.5, 0.6) is 0 Å². The first-order valence-corrected chi connectivity index (χ1v) is 9.25. The maximum absolute atomic E-state index is 12.7. The molecule has 0 amide bonds. The summed E-state index contributed by atoms with van der Waals surface area (Å²) in [6.07, 6.45) is 0. The van der Waals surface area contributed by atoms with Gasteiger partial charge in [0.1, 0.15) is 12.6 Å². The fourth-order valence-corrected chi connectivity index (χ4v) is 2.96. The van der Waals surface area contributed by atoms with Crippen molar-refractivity contribution in [3.05, 3.63) is 108 Å². The van der Waals surface area contributed by atoms with E-state index in [0.717, 1.165) is 5.56 Å². The molecule has 0 bridgehead atoms. The van der Waals surface area contributed by atoms with Crippen LogP contribution in [-0.2, 0) is 29.2 Å². The van der Waals surface area contributed by atoms with E-state index in [4.69, 9.17) is 4.74 Å². The first-order valence-electron chi connectivity index (χ1n) is 9.25. The van der Waals surface area contributed by atoms with E-state index in [1.807, 2.05) is 73.7 Å². The normalized spacial score (nSPS) is 11.9. The van der Waals surface area contributed by atoms with Crippen molar-refractivity contribution in [3.63, 3.8) is 0 Å². The van der Waals surface area contributed by atoms with E-state index >= 15 is 0 Å². The van der Waals surface area contributed by atoms with E-state index in [9.17, 15) is 4.79 Å². The molecule has 3 nitrogen and oxygen atoms in total. The number of carbonyl (C=O) groups is 1. The van der Waals surface area contributed by atoms with Crippen LogP contribution in [0, 0.1) is 0 Å². The molecule has 3 aromatic rings. The Kier molecular flexibility index (Phi) is 6.78. The number of ether oxygens (including phenoxy) is 1. The number of carbonyl (C=O) groups excluding carboxylic acids is 1. The van der Waals surface area contributed by atoms with Gasteiger partial charge in [0.25, 0.3) is 0 Å². The molecule has 0 aliphatic heterocycles. The first kappa shape index (κ1) is 18.9. The van der Waals surface area contributed by atoms with Crippen LogP contribution < -0.4 is 0 Å².